The van der Waals surface area contributed by atoms with Gasteiger partial charge in [0.1, 0.15) is 17.1 Å². The van der Waals surface area contributed by atoms with Crippen LogP contribution in [0.4, 0.5) is 11.5 Å². The summed E-state index contributed by atoms with van der Waals surface area (Å²) in [6, 6.07) is 17.7. The van der Waals surface area contributed by atoms with E-state index in [9.17, 15) is 20.3 Å². The fourth-order valence-electron chi connectivity index (χ4n) is 7.48. The van der Waals surface area contributed by atoms with Crippen molar-refractivity contribution < 1.29 is 19.4 Å². The van der Waals surface area contributed by atoms with Gasteiger partial charge in [-0.05, 0) is 86.3 Å². The number of aromatic nitrogens is 4. The van der Waals surface area contributed by atoms with Crippen LogP contribution in [0.25, 0.3) is 44.7 Å². The van der Waals surface area contributed by atoms with Crippen LogP contribution >= 0.6 is 11.6 Å². The van der Waals surface area contributed by atoms with E-state index in [1.807, 2.05) is 50.4 Å². The van der Waals surface area contributed by atoms with Crippen LogP contribution in [-0.4, -0.2) is 78.2 Å². The predicted molar refractivity (Wildman–Crippen MR) is 202 cm³/mol. The molecule has 13 heteroatoms. The number of hydrogen-bond donors (Lipinski definition) is 3. The molecule has 2 fully saturated rings. The molecule has 268 valence electrons. The van der Waals surface area contributed by atoms with Gasteiger partial charge in [0.2, 0.25) is 5.89 Å². The number of β-amino-alcohol motifs (C(OH)–C–C–N with tert-alkyl or cyclic N) is 1. The Morgan fingerprint density at radius 3 is 2.60 bits per heavy atom. The SMILES string of the molecule is Cc1cc2cc(CN3CC[C@@H](O)C3)cnc2c(Nc2cccc(-c3nccc(-c4nc5cc(CN6CC[C@@H](C(=O)O)C6)cc(C#N)c5o4)c3Cl)c2C)n1. The standard InChI is InChI=1S/C40H37ClN8O4/c1-22-12-27-14-25(19-49-11-8-29(50)21-49)17-44-35(27)38(45-22)46-32-5-3-4-30(23(32)2)36-34(41)31(6-9-43-36)39-47-33-15-24(13-28(16-42)37(33)53-39)18-48-10-7-26(20-48)40(51)52/h3-6,9,12-15,17,26,29,50H,7-8,10-11,18-21H2,1-2H3,(H,45,46)(H,51,52)/t26-,29-/m1/s1. The second-order valence-corrected chi connectivity index (χ2v) is 14.4. The van der Waals surface area contributed by atoms with Crippen molar-refractivity contribution in [3.63, 3.8) is 0 Å². The van der Waals surface area contributed by atoms with Crippen molar-refractivity contribution in [2.75, 3.05) is 31.5 Å². The smallest absolute Gasteiger partial charge is 0.307 e. The van der Waals surface area contributed by atoms with E-state index in [1.165, 1.54) is 0 Å². The Kier molecular flexibility index (Phi) is 9.26. The van der Waals surface area contributed by atoms with Gasteiger partial charge in [-0.2, -0.15) is 5.26 Å². The molecule has 2 aromatic carbocycles. The van der Waals surface area contributed by atoms with Crippen molar-refractivity contribution in [1.82, 2.24) is 29.7 Å². The van der Waals surface area contributed by atoms with Gasteiger partial charge in [-0.3, -0.25) is 24.6 Å². The van der Waals surface area contributed by atoms with E-state index in [4.69, 9.17) is 31.0 Å². The third-order valence-corrected chi connectivity index (χ3v) is 10.5. The van der Waals surface area contributed by atoms with E-state index in [2.05, 4.69) is 32.2 Å². The number of likely N-dealkylation sites (tertiary alicyclic amines) is 2. The number of nitrogens with zero attached hydrogens (tertiary/aromatic N) is 7. The summed E-state index contributed by atoms with van der Waals surface area (Å²) in [5.41, 5.74) is 8.40. The number of nitrogens with one attached hydrogen (secondary N) is 1. The van der Waals surface area contributed by atoms with E-state index in [1.54, 1.807) is 18.3 Å². The zero-order chi connectivity index (χ0) is 36.8. The van der Waals surface area contributed by atoms with Crippen LogP contribution in [-0.2, 0) is 17.9 Å². The van der Waals surface area contributed by atoms with Gasteiger partial charge in [0.15, 0.2) is 11.4 Å². The lowest BCUT2D eigenvalue weighted by Crippen LogP contribution is -2.22. The minimum Gasteiger partial charge on any atom is -0.481 e. The lowest BCUT2D eigenvalue weighted by molar-refractivity contribution is -0.141. The number of aryl methyl sites for hydroxylation is 1. The number of rotatable bonds is 9. The Balaban J connectivity index is 1.08. The highest BCUT2D eigenvalue weighted by Crippen LogP contribution is 2.39. The summed E-state index contributed by atoms with van der Waals surface area (Å²) in [7, 11) is 0. The maximum absolute atomic E-state index is 11.5. The van der Waals surface area contributed by atoms with Crippen LogP contribution in [0.3, 0.4) is 0 Å². The molecule has 6 aromatic rings. The second kappa shape index (κ2) is 14.2. The molecule has 0 radical (unpaired) electrons. The number of halogens is 1. The molecule has 2 saturated heterocycles. The fraction of sp³-hybridized carbons (Fsp3) is 0.300. The Hall–Kier alpha value is -5.45. The molecule has 0 bridgehead atoms. The van der Waals surface area contributed by atoms with Crippen LogP contribution < -0.4 is 5.32 Å². The summed E-state index contributed by atoms with van der Waals surface area (Å²) in [6.45, 7) is 7.88. The molecule has 2 aliphatic rings. The minimum absolute atomic E-state index is 0.267. The molecule has 2 aliphatic heterocycles. The summed E-state index contributed by atoms with van der Waals surface area (Å²) in [4.78, 5) is 34.8. The molecule has 0 unspecified atom stereocenters. The number of nitriles is 1. The van der Waals surface area contributed by atoms with Crippen molar-refractivity contribution in [2.24, 2.45) is 5.92 Å². The van der Waals surface area contributed by atoms with Crippen molar-refractivity contribution in [3.8, 4) is 28.8 Å². The third-order valence-electron chi connectivity index (χ3n) is 10.2. The van der Waals surface area contributed by atoms with Crippen LogP contribution in [0.15, 0.2) is 65.3 Å². The molecule has 2 atom stereocenters. The number of carboxylic acids is 1. The van der Waals surface area contributed by atoms with E-state index >= 15 is 0 Å². The number of anilines is 2. The van der Waals surface area contributed by atoms with Crippen LogP contribution in [0.2, 0.25) is 5.02 Å². The van der Waals surface area contributed by atoms with Crippen molar-refractivity contribution in [1.29, 1.82) is 5.26 Å². The van der Waals surface area contributed by atoms with E-state index in [0.717, 1.165) is 64.0 Å². The fourth-order valence-corrected chi connectivity index (χ4v) is 7.77. The molecule has 0 spiro atoms. The molecule has 3 N–H and O–H groups in total. The zero-order valence-corrected chi connectivity index (χ0v) is 30.1. The van der Waals surface area contributed by atoms with Crippen LogP contribution in [0.5, 0.6) is 0 Å². The zero-order valence-electron chi connectivity index (χ0n) is 29.3. The first-order valence-electron chi connectivity index (χ1n) is 17.6. The highest BCUT2D eigenvalue weighted by molar-refractivity contribution is 6.35. The highest BCUT2D eigenvalue weighted by atomic mass is 35.5. The van der Waals surface area contributed by atoms with Crippen molar-refractivity contribution in [3.05, 3.63) is 93.9 Å². The number of pyridine rings is 3. The lowest BCUT2D eigenvalue weighted by Gasteiger charge is -2.17. The molecule has 0 aliphatic carbocycles. The Labute approximate surface area is 310 Å². The van der Waals surface area contributed by atoms with Crippen molar-refractivity contribution >= 4 is 51.1 Å². The number of aliphatic hydroxyl groups excluding tert-OH is 1. The van der Waals surface area contributed by atoms with Gasteiger partial charge in [0.25, 0.3) is 0 Å². The average Bonchev–Trinajstić information content (AvgIpc) is 3.89. The normalized spacial score (nSPS) is 17.9. The van der Waals surface area contributed by atoms with Gasteiger partial charge < -0.3 is 19.9 Å². The van der Waals surface area contributed by atoms with Gasteiger partial charge in [-0.25, -0.2) is 9.97 Å². The van der Waals surface area contributed by atoms with Gasteiger partial charge in [0, 0.05) is 67.4 Å². The monoisotopic (exact) mass is 728 g/mol. The maximum atomic E-state index is 11.5. The molecule has 6 heterocycles. The number of carbonyl (C=O) groups is 1. The number of carboxylic acid groups (broad SMARTS) is 1. The summed E-state index contributed by atoms with van der Waals surface area (Å²) in [6.07, 6.45) is 4.66. The second-order valence-electron chi connectivity index (χ2n) is 14.0. The molecule has 0 saturated carbocycles. The number of fused-ring (bicyclic) bond motifs is 2. The number of aliphatic hydroxyl groups is 1. The largest absolute Gasteiger partial charge is 0.481 e. The first-order chi connectivity index (χ1) is 25.6. The molecule has 0 amide bonds. The lowest BCUT2D eigenvalue weighted by atomic mass is 10.0. The molecular formula is C40H37ClN8O4. The van der Waals surface area contributed by atoms with Crippen LogP contribution in [0, 0.1) is 31.1 Å². The highest BCUT2D eigenvalue weighted by Gasteiger charge is 2.28. The van der Waals surface area contributed by atoms with Crippen LogP contribution in [0.1, 0.15) is 40.8 Å². The first-order valence-corrected chi connectivity index (χ1v) is 18.0. The minimum atomic E-state index is -0.784. The van der Waals surface area contributed by atoms with Gasteiger partial charge in [-0.15, -0.1) is 0 Å². The number of aliphatic carboxylic acids is 1. The molecule has 8 rings (SSSR count). The molecule has 4 aromatic heterocycles. The quantitative estimate of drug-likeness (QED) is 0.142. The summed E-state index contributed by atoms with van der Waals surface area (Å²) in [5.74, 6) is -0.263. The average molecular weight is 729 g/mol. The Morgan fingerprint density at radius 2 is 1.83 bits per heavy atom. The topological polar surface area (TPSA) is 165 Å². The Morgan fingerprint density at radius 1 is 1.02 bits per heavy atom. The predicted octanol–water partition coefficient (Wildman–Crippen LogP) is 6.86. The Bertz CT molecular complexity index is 2440. The van der Waals surface area contributed by atoms with E-state index < -0.39 is 5.97 Å². The number of oxazole rings is 1. The van der Waals surface area contributed by atoms with Gasteiger partial charge >= 0.3 is 5.97 Å². The maximum Gasteiger partial charge on any atom is 0.307 e. The third kappa shape index (κ3) is 6.92. The molecule has 12 nitrogen and oxygen atoms in total. The summed E-state index contributed by atoms with van der Waals surface area (Å²) < 4.78 is 6.18. The van der Waals surface area contributed by atoms with E-state index in [-0.39, 0.29) is 17.9 Å². The summed E-state index contributed by atoms with van der Waals surface area (Å²) >= 11 is 7.09. The van der Waals surface area contributed by atoms with Crippen molar-refractivity contribution in [2.45, 2.75) is 45.9 Å². The van der Waals surface area contributed by atoms with Gasteiger partial charge in [0.05, 0.1) is 33.9 Å². The van der Waals surface area contributed by atoms with E-state index in [0.29, 0.717) is 71.4 Å². The summed E-state index contributed by atoms with van der Waals surface area (Å²) in [5, 5.41) is 34.2. The number of benzene rings is 2. The van der Waals surface area contributed by atoms with Gasteiger partial charge in [-0.1, -0.05) is 23.7 Å². The molecule has 53 heavy (non-hydrogen) atoms. The first kappa shape index (κ1) is 34.6. The molecular weight excluding hydrogens is 692 g/mol. The number of hydrogen-bond acceptors (Lipinski definition) is 11.